The molecule has 1 aromatic carbocycles. The maximum absolute atomic E-state index is 13.1. The zero-order valence-corrected chi connectivity index (χ0v) is 15.9. The van der Waals surface area contributed by atoms with Gasteiger partial charge in [-0.2, -0.15) is 0 Å². The Labute approximate surface area is 159 Å². The van der Waals surface area contributed by atoms with Crippen molar-refractivity contribution < 1.29 is 19.4 Å². The number of carbonyl (C=O) groups excluding carboxylic acids is 2. The highest BCUT2D eigenvalue weighted by atomic mass is 16.6. The summed E-state index contributed by atoms with van der Waals surface area (Å²) >= 11 is 0. The summed E-state index contributed by atoms with van der Waals surface area (Å²) in [6.45, 7) is 6.41. The number of fused-ring (bicyclic) bond motifs is 4. The quantitative estimate of drug-likeness (QED) is 0.610. The number of esters is 1. The van der Waals surface area contributed by atoms with Crippen molar-refractivity contribution in [3.05, 3.63) is 42.0 Å². The molecule has 0 bridgehead atoms. The van der Waals surface area contributed by atoms with Gasteiger partial charge in [0.25, 0.3) is 0 Å². The van der Waals surface area contributed by atoms with Gasteiger partial charge in [-0.05, 0) is 62.5 Å². The minimum atomic E-state index is -1.27. The number of nitrogens with zero attached hydrogens (tertiary/aromatic N) is 1. The zero-order valence-electron chi connectivity index (χ0n) is 15.9. The number of carbonyl (C=O) groups is 2. The molecule has 3 fully saturated rings. The lowest BCUT2D eigenvalue weighted by Gasteiger charge is -2.43. The molecule has 1 N–H and O–H groups in total. The number of benzene rings is 1. The van der Waals surface area contributed by atoms with E-state index in [2.05, 4.69) is 11.0 Å². The van der Waals surface area contributed by atoms with Gasteiger partial charge in [0.05, 0.1) is 12.0 Å². The minimum absolute atomic E-state index is 0.0716. The summed E-state index contributed by atoms with van der Waals surface area (Å²) in [6, 6.07) is 8.12. The molecule has 6 atom stereocenters. The molecule has 1 spiro atoms. The molecular formula is C22H25NO4. The van der Waals surface area contributed by atoms with Gasteiger partial charge in [0, 0.05) is 11.6 Å². The summed E-state index contributed by atoms with van der Waals surface area (Å²) in [5.41, 5.74) is -0.925. The molecule has 1 saturated carbocycles. The van der Waals surface area contributed by atoms with E-state index in [4.69, 9.17) is 4.74 Å². The first-order valence-corrected chi connectivity index (χ1v) is 9.76. The predicted octanol–water partition coefficient (Wildman–Crippen LogP) is 2.40. The zero-order chi connectivity index (χ0) is 19.2. The molecule has 0 amide bonds. The molecule has 5 rings (SSSR count). The van der Waals surface area contributed by atoms with Crippen LogP contribution in [-0.4, -0.2) is 40.6 Å². The molecule has 27 heavy (non-hydrogen) atoms. The Morgan fingerprint density at radius 3 is 2.78 bits per heavy atom. The number of hydrogen-bond acceptors (Lipinski definition) is 5. The van der Waals surface area contributed by atoms with Gasteiger partial charge in [-0.15, -0.1) is 0 Å². The van der Waals surface area contributed by atoms with Gasteiger partial charge in [-0.25, -0.2) is 4.79 Å². The van der Waals surface area contributed by atoms with E-state index in [1.807, 2.05) is 32.0 Å². The summed E-state index contributed by atoms with van der Waals surface area (Å²) in [5, 5.41) is 11.4. The monoisotopic (exact) mass is 367 g/mol. The Bertz CT molecular complexity index is 894. The molecule has 4 aliphatic rings. The fourth-order valence-corrected chi connectivity index (χ4v) is 5.87. The van der Waals surface area contributed by atoms with E-state index in [0.29, 0.717) is 6.54 Å². The van der Waals surface area contributed by atoms with Crippen LogP contribution in [0.1, 0.15) is 32.3 Å². The Hall–Kier alpha value is -2.14. The van der Waals surface area contributed by atoms with Crippen molar-refractivity contribution in [1.29, 1.82) is 0 Å². The summed E-state index contributed by atoms with van der Waals surface area (Å²) < 4.78 is 5.90. The van der Waals surface area contributed by atoms with E-state index < -0.39 is 22.7 Å². The third-order valence-electron chi connectivity index (χ3n) is 7.72. The minimum Gasteiger partial charge on any atom is -0.459 e. The van der Waals surface area contributed by atoms with E-state index in [1.54, 1.807) is 13.0 Å². The molecule has 2 aliphatic heterocycles. The Morgan fingerprint density at radius 1 is 1.26 bits per heavy atom. The molecule has 1 aromatic rings. The number of aryl methyl sites for hydroxylation is 1. The third kappa shape index (κ3) is 1.83. The topological polar surface area (TPSA) is 66.6 Å². The van der Waals surface area contributed by atoms with Crippen LogP contribution in [0, 0.1) is 24.2 Å². The number of rotatable bonds is 1. The van der Waals surface area contributed by atoms with E-state index >= 15 is 0 Å². The number of allylic oxidation sites excluding steroid dienone is 1. The Balaban J connectivity index is 1.58. The number of ketones is 1. The van der Waals surface area contributed by atoms with E-state index in [9.17, 15) is 14.7 Å². The fourth-order valence-electron chi connectivity index (χ4n) is 5.87. The highest BCUT2D eigenvalue weighted by Crippen LogP contribution is 2.62. The first-order chi connectivity index (χ1) is 12.7. The first kappa shape index (κ1) is 17.0. The van der Waals surface area contributed by atoms with Crippen molar-refractivity contribution in [3.63, 3.8) is 0 Å². The molecule has 2 heterocycles. The molecule has 5 heteroatoms. The summed E-state index contributed by atoms with van der Waals surface area (Å²) in [4.78, 5) is 28.0. The highest BCUT2D eigenvalue weighted by molar-refractivity contribution is 6.02. The number of hydrogen-bond donors (Lipinski definition) is 1. The van der Waals surface area contributed by atoms with Gasteiger partial charge < -0.3 is 14.7 Å². The van der Waals surface area contributed by atoms with Gasteiger partial charge in [0.1, 0.15) is 11.7 Å². The number of aliphatic hydroxyl groups is 1. The molecule has 142 valence electrons. The normalized spacial score (nSPS) is 44.9. The van der Waals surface area contributed by atoms with Crippen molar-refractivity contribution in [3.8, 4) is 0 Å². The molecule has 5 nitrogen and oxygen atoms in total. The number of anilines is 1. The lowest BCUT2D eigenvalue weighted by molar-refractivity contribution is -0.166. The third-order valence-corrected chi connectivity index (χ3v) is 7.72. The lowest BCUT2D eigenvalue weighted by Crippen LogP contribution is -2.57. The second-order valence-electron chi connectivity index (χ2n) is 8.99. The largest absolute Gasteiger partial charge is 0.459 e. The molecule has 2 saturated heterocycles. The van der Waals surface area contributed by atoms with Crippen LogP contribution in [0.5, 0.6) is 0 Å². The van der Waals surface area contributed by atoms with Crippen LogP contribution in [0.25, 0.3) is 0 Å². The van der Waals surface area contributed by atoms with Crippen LogP contribution in [-0.2, 0) is 14.3 Å². The van der Waals surface area contributed by atoms with Gasteiger partial charge in [0.2, 0.25) is 0 Å². The first-order valence-electron chi connectivity index (χ1n) is 9.76. The molecule has 2 aliphatic carbocycles. The fraction of sp³-hybridized carbons (Fsp3) is 0.545. The summed E-state index contributed by atoms with van der Waals surface area (Å²) in [7, 11) is 0. The van der Waals surface area contributed by atoms with Gasteiger partial charge in [0.15, 0.2) is 11.3 Å². The smallest absolute Gasteiger partial charge is 0.334 e. The Kier molecular flexibility index (Phi) is 3.16. The average molecular weight is 367 g/mol. The SMILES string of the molecule is Cc1cccc(N2CC23C(=O)O[C@@H]2[C@H]3CC[C@H](C)[C@@]3(O)C=CC(=O)[C@@]23C)c1. The van der Waals surface area contributed by atoms with Crippen LogP contribution >= 0.6 is 0 Å². The summed E-state index contributed by atoms with van der Waals surface area (Å²) in [5.74, 6) is -0.563. The van der Waals surface area contributed by atoms with Crippen LogP contribution < -0.4 is 4.90 Å². The molecule has 1 unspecified atom stereocenters. The molecular weight excluding hydrogens is 342 g/mol. The maximum Gasteiger partial charge on any atom is 0.334 e. The second kappa shape index (κ2) is 5.02. The highest BCUT2D eigenvalue weighted by Gasteiger charge is 2.77. The van der Waals surface area contributed by atoms with E-state index in [0.717, 1.165) is 24.1 Å². The summed E-state index contributed by atoms with van der Waals surface area (Å²) in [6.07, 6.45) is 4.02. The Morgan fingerprint density at radius 2 is 2.04 bits per heavy atom. The van der Waals surface area contributed by atoms with Crippen LogP contribution in [0.15, 0.2) is 36.4 Å². The van der Waals surface area contributed by atoms with Gasteiger partial charge in [-0.3, -0.25) is 4.79 Å². The van der Waals surface area contributed by atoms with Crippen molar-refractivity contribution in [2.24, 2.45) is 17.3 Å². The lowest BCUT2D eigenvalue weighted by atomic mass is 9.64. The van der Waals surface area contributed by atoms with Crippen molar-refractivity contribution in [2.45, 2.75) is 50.9 Å². The molecule has 0 radical (unpaired) electrons. The maximum atomic E-state index is 13.1. The van der Waals surface area contributed by atoms with Crippen molar-refractivity contribution in [2.75, 3.05) is 11.4 Å². The van der Waals surface area contributed by atoms with Crippen molar-refractivity contribution in [1.82, 2.24) is 0 Å². The van der Waals surface area contributed by atoms with Gasteiger partial charge in [-0.1, -0.05) is 19.1 Å². The van der Waals surface area contributed by atoms with Crippen molar-refractivity contribution >= 4 is 17.4 Å². The van der Waals surface area contributed by atoms with Crippen LogP contribution in [0.2, 0.25) is 0 Å². The standard InChI is InChI=1S/C22H25NO4/c1-13-5-4-6-15(11-13)23-12-21(23)16-8-7-14(2)22(26)10-9-17(24)20(22,3)18(16)27-19(21)25/h4-6,9-11,14,16,18,26H,7-8,12H2,1-3H3/t14-,16+,18+,20-,21?,22-,23?/m0/s1. The number of ether oxygens (including phenoxy) is 1. The van der Waals surface area contributed by atoms with Crippen LogP contribution in [0.4, 0.5) is 5.69 Å². The van der Waals surface area contributed by atoms with Crippen LogP contribution in [0.3, 0.4) is 0 Å². The van der Waals surface area contributed by atoms with Gasteiger partial charge >= 0.3 is 5.97 Å². The molecule has 0 aromatic heterocycles. The van der Waals surface area contributed by atoms with E-state index in [-0.39, 0.29) is 23.6 Å². The predicted molar refractivity (Wildman–Crippen MR) is 100 cm³/mol. The second-order valence-corrected chi connectivity index (χ2v) is 8.99. The van der Waals surface area contributed by atoms with E-state index in [1.165, 1.54) is 6.08 Å². The average Bonchev–Trinajstić information content (AvgIpc) is 3.28.